The van der Waals surface area contributed by atoms with E-state index in [0.29, 0.717) is 5.02 Å². The van der Waals surface area contributed by atoms with E-state index in [2.05, 4.69) is 27.4 Å². The Morgan fingerprint density at radius 1 is 1.26 bits per heavy atom. The molecular weight excluding hydrogens is 412 g/mol. The van der Waals surface area contributed by atoms with Gasteiger partial charge in [0.05, 0.1) is 17.0 Å². The highest BCUT2D eigenvalue weighted by Gasteiger charge is 2.30. The fourth-order valence-corrected chi connectivity index (χ4v) is 5.03. The van der Waals surface area contributed by atoms with Crippen LogP contribution in [0.1, 0.15) is 29.1 Å². The van der Waals surface area contributed by atoms with Crippen molar-refractivity contribution in [2.24, 2.45) is 0 Å². The van der Waals surface area contributed by atoms with Gasteiger partial charge in [-0.3, -0.25) is 4.79 Å². The largest absolute Gasteiger partial charge is 0.481 e. The lowest BCUT2D eigenvalue weighted by atomic mass is 9.89. The van der Waals surface area contributed by atoms with Crippen LogP contribution in [0, 0.1) is 6.92 Å². The molecular formula is C24H23ClN4O2. The summed E-state index contributed by atoms with van der Waals surface area (Å²) >= 11 is 6.29. The Bertz CT molecular complexity index is 1330. The molecule has 1 aliphatic rings. The highest BCUT2D eigenvalue weighted by molar-refractivity contribution is 6.30. The van der Waals surface area contributed by atoms with E-state index in [1.54, 1.807) is 0 Å². The van der Waals surface area contributed by atoms with Crippen LogP contribution in [-0.4, -0.2) is 38.5 Å². The van der Waals surface area contributed by atoms with Crippen molar-refractivity contribution in [1.29, 1.82) is 0 Å². The number of aromatic nitrogens is 3. The number of rotatable bonds is 4. The molecule has 0 spiro atoms. The first-order chi connectivity index (χ1) is 14.9. The SMILES string of the molecule is Cc1nc(N(C)C2CCc3c(CC(=O)O)c4ccc(Cl)cn4c3C2)c2ccccc2n1. The average Bonchev–Trinajstić information content (AvgIpc) is 3.04. The number of halogens is 1. The molecule has 0 bridgehead atoms. The van der Waals surface area contributed by atoms with Gasteiger partial charge in [0.1, 0.15) is 11.6 Å². The summed E-state index contributed by atoms with van der Waals surface area (Å²) in [4.78, 5) is 23.1. The normalized spacial score (nSPS) is 15.9. The van der Waals surface area contributed by atoms with Crippen LogP contribution in [0.3, 0.4) is 0 Å². The first kappa shape index (κ1) is 19.8. The molecule has 0 saturated heterocycles. The number of nitrogens with zero attached hydrogens (tertiary/aromatic N) is 4. The molecule has 3 aromatic heterocycles. The predicted octanol–water partition coefficient (Wildman–Crippen LogP) is 4.47. The number of aryl methyl sites for hydroxylation is 1. The summed E-state index contributed by atoms with van der Waals surface area (Å²) in [5, 5.41) is 11.1. The predicted molar refractivity (Wildman–Crippen MR) is 122 cm³/mol. The van der Waals surface area contributed by atoms with Crippen LogP contribution >= 0.6 is 11.6 Å². The summed E-state index contributed by atoms with van der Waals surface area (Å²) < 4.78 is 2.08. The second-order valence-electron chi connectivity index (χ2n) is 8.20. The van der Waals surface area contributed by atoms with Crippen molar-refractivity contribution in [2.75, 3.05) is 11.9 Å². The molecule has 7 heteroatoms. The number of pyridine rings is 1. The Morgan fingerprint density at radius 3 is 2.87 bits per heavy atom. The monoisotopic (exact) mass is 434 g/mol. The summed E-state index contributed by atoms with van der Waals surface area (Å²) in [5.41, 5.74) is 5.08. The van der Waals surface area contributed by atoms with E-state index in [-0.39, 0.29) is 12.5 Å². The third kappa shape index (κ3) is 3.41. The molecule has 3 heterocycles. The van der Waals surface area contributed by atoms with E-state index in [0.717, 1.165) is 64.1 Å². The third-order valence-electron chi connectivity index (χ3n) is 6.29. The Labute approximate surface area is 185 Å². The maximum absolute atomic E-state index is 11.5. The van der Waals surface area contributed by atoms with E-state index in [9.17, 15) is 9.90 Å². The van der Waals surface area contributed by atoms with Gasteiger partial charge in [0.15, 0.2) is 0 Å². The molecule has 1 aromatic carbocycles. The Hall–Kier alpha value is -3.12. The molecule has 1 unspecified atom stereocenters. The van der Waals surface area contributed by atoms with Crippen molar-refractivity contribution in [2.45, 2.75) is 38.6 Å². The molecule has 0 fully saturated rings. The number of carboxylic acid groups (broad SMARTS) is 1. The lowest BCUT2D eigenvalue weighted by Crippen LogP contribution is -2.37. The number of para-hydroxylation sites is 1. The van der Waals surface area contributed by atoms with Crippen LogP contribution in [0.15, 0.2) is 42.6 Å². The van der Waals surface area contributed by atoms with Gasteiger partial charge < -0.3 is 14.4 Å². The zero-order valence-electron chi connectivity index (χ0n) is 17.5. The van der Waals surface area contributed by atoms with E-state index < -0.39 is 5.97 Å². The van der Waals surface area contributed by atoms with Gasteiger partial charge in [-0.2, -0.15) is 0 Å². The molecule has 0 aliphatic heterocycles. The fraction of sp³-hybridized carbons (Fsp3) is 0.292. The standard InChI is InChI=1S/C24H23ClN4O2/c1-14-26-20-6-4-3-5-18(20)24(27-14)28(2)16-8-9-17-19(12-23(30)31)21-10-7-15(25)13-29(21)22(17)11-16/h3-7,10,13,16H,8-9,11-12H2,1-2H3,(H,30,31). The van der Waals surface area contributed by atoms with Gasteiger partial charge in [-0.15, -0.1) is 0 Å². The lowest BCUT2D eigenvalue weighted by Gasteiger charge is -2.33. The van der Waals surface area contributed by atoms with E-state index in [4.69, 9.17) is 16.6 Å². The minimum Gasteiger partial charge on any atom is -0.481 e. The molecule has 1 atom stereocenters. The van der Waals surface area contributed by atoms with E-state index in [1.807, 2.05) is 43.5 Å². The molecule has 0 radical (unpaired) electrons. The number of anilines is 1. The highest BCUT2D eigenvalue weighted by Crippen LogP contribution is 2.35. The van der Waals surface area contributed by atoms with Crippen molar-refractivity contribution >= 4 is 39.8 Å². The summed E-state index contributed by atoms with van der Waals surface area (Å²) in [6.45, 7) is 1.92. The zero-order valence-corrected chi connectivity index (χ0v) is 18.2. The van der Waals surface area contributed by atoms with Crippen molar-refractivity contribution in [1.82, 2.24) is 14.4 Å². The number of carbonyl (C=O) groups is 1. The topological polar surface area (TPSA) is 70.7 Å². The molecule has 4 aromatic rings. The summed E-state index contributed by atoms with van der Waals surface area (Å²) in [6, 6.07) is 12.1. The van der Waals surface area contributed by atoms with Crippen LogP contribution in [0.5, 0.6) is 0 Å². The zero-order chi connectivity index (χ0) is 21.7. The average molecular weight is 435 g/mol. The molecule has 1 N–H and O–H groups in total. The van der Waals surface area contributed by atoms with E-state index >= 15 is 0 Å². The first-order valence-corrected chi connectivity index (χ1v) is 10.8. The van der Waals surface area contributed by atoms with Gasteiger partial charge in [0.25, 0.3) is 0 Å². The van der Waals surface area contributed by atoms with Crippen molar-refractivity contribution in [3.8, 4) is 0 Å². The van der Waals surface area contributed by atoms with Gasteiger partial charge in [-0.1, -0.05) is 23.7 Å². The fourth-order valence-electron chi connectivity index (χ4n) is 4.87. The quantitative estimate of drug-likeness (QED) is 0.513. The number of hydrogen-bond acceptors (Lipinski definition) is 4. The summed E-state index contributed by atoms with van der Waals surface area (Å²) in [5.74, 6) is 0.870. The number of fused-ring (bicyclic) bond motifs is 4. The summed E-state index contributed by atoms with van der Waals surface area (Å²) in [7, 11) is 2.09. The van der Waals surface area contributed by atoms with Gasteiger partial charge in [0.2, 0.25) is 0 Å². The third-order valence-corrected chi connectivity index (χ3v) is 6.51. The Balaban J connectivity index is 1.58. The van der Waals surface area contributed by atoms with Crippen molar-refractivity contribution in [3.05, 3.63) is 70.3 Å². The Morgan fingerprint density at radius 2 is 2.06 bits per heavy atom. The highest BCUT2D eigenvalue weighted by atomic mass is 35.5. The minimum absolute atomic E-state index is 0.0245. The molecule has 31 heavy (non-hydrogen) atoms. The number of aliphatic carboxylic acids is 1. The number of benzene rings is 1. The van der Waals surface area contributed by atoms with Gasteiger partial charge in [0, 0.05) is 42.3 Å². The maximum Gasteiger partial charge on any atom is 0.307 e. The van der Waals surface area contributed by atoms with E-state index in [1.165, 1.54) is 0 Å². The Kier molecular flexibility index (Phi) is 4.82. The van der Waals surface area contributed by atoms with Crippen molar-refractivity contribution < 1.29 is 9.90 Å². The van der Waals surface area contributed by atoms with Crippen LogP contribution in [0.4, 0.5) is 5.82 Å². The molecule has 0 amide bonds. The maximum atomic E-state index is 11.5. The molecule has 158 valence electrons. The van der Waals surface area contributed by atoms with Gasteiger partial charge in [-0.25, -0.2) is 9.97 Å². The smallest absolute Gasteiger partial charge is 0.307 e. The molecule has 0 saturated carbocycles. The van der Waals surface area contributed by atoms with Crippen LogP contribution in [0.25, 0.3) is 16.4 Å². The molecule has 5 rings (SSSR count). The second kappa shape index (κ2) is 7.54. The van der Waals surface area contributed by atoms with Gasteiger partial charge in [-0.05, 0) is 55.2 Å². The summed E-state index contributed by atoms with van der Waals surface area (Å²) in [6.07, 6.45) is 4.47. The van der Waals surface area contributed by atoms with Crippen LogP contribution in [-0.2, 0) is 24.1 Å². The van der Waals surface area contributed by atoms with Gasteiger partial charge >= 0.3 is 5.97 Å². The van der Waals surface area contributed by atoms with Crippen LogP contribution in [0.2, 0.25) is 5.02 Å². The van der Waals surface area contributed by atoms with Crippen molar-refractivity contribution in [3.63, 3.8) is 0 Å². The lowest BCUT2D eigenvalue weighted by molar-refractivity contribution is -0.136. The first-order valence-electron chi connectivity index (χ1n) is 10.4. The minimum atomic E-state index is -0.813. The van der Waals surface area contributed by atoms with Crippen LogP contribution < -0.4 is 4.90 Å². The molecule has 1 aliphatic carbocycles. The second-order valence-corrected chi connectivity index (χ2v) is 8.63. The number of hydrogen-bond donors (Lipinski definition) is 1. The molecule has 6 nitrogen and oxygen atoms in total. The number of likely N-dealkylation sites (N-methyl/N-ethyl adjacent to an activating group) is 1. The number of carboxylic acids is 1.